The lowest BCUT2D eigenvalue weighted by atomic mass is 10.3. The molecule has 9 heteroatoms. The minimum atomic E-state index is -1.29. The molecule has 0 spiro atoms. The Balaban J connectivity index is 2.70. The standard InChI is InChI=1S/C9H15N3O6/c10-7(15)3-12(4-8(16)17)9(18)11-1-5(13)6(14)2-11/h5-6,13-14H,1-4H2,(H2,10,15)(H,16,17). The van der Waals surface area contributed by atoms with E-state index in [1.807, 2.05) is 0 Å². The number of carbonyl (C=O) groups excluding carboxylic acids is 2. The molecule has 5 N–H and O–H groups in total. The molecule has 1 rings (SSSR count). The molecule has 0 radical (unpaired) electrons. The molecule has 1 heterocycles. The van der Waals surface area contributed by atoms with E-state index in [0.29, 0.717) is 0 Å². The van der Waals surface area contributed by atoms with Crippen molar-refractivity contribution in [3.63, 3.8) is 0 Å². The zero-order valence-corrected chi connectivity index (χ0v) is 9.52. The minimum Gasteiger partial charge on any atom is -0.480 e. The number of aliphatic carboxylic acids is 1. The number of nitrogens with zero attached hydrogens (tertiary/aromatic N) is 2. The van der Waals surface area contributed by atoms with E-state index in [2.05, 4.69) is 0 Å². The molecule has 0 aromatic heterocycles. The second kappa shape index (κ2) is 5.65. The van der Waals surface area contributed by atoms with Gasteiger partial charge in [0.1, 0.15) is 13.1 Å². The van der Waals surface area contributed by atoms with Gasteiger partial charge in [0, 0.05) is 0 Å². The summed E-state index contributed by atoms with van der Waals surface area (Å²) in [7, 11) is 0. The zero-order chi connectivity index (χ0) is 13.9. The van der Waals surface area contributed by atoms with Gasteiger partial charge in [-0.15, -0.1) is 0 Å². The number of hydrogen-bond donors (Lipinski definition) is 4. The van der Waals surface area contributed by atoms with Crippen LogP contribution in [0.3, 0.4) is 0 Å². The number of hydrogen-bond acceptors (Lipinski definition) is 5. The van der Waals surface area contributed by atoms with Gasteiger partial charge in [-0.25, -0.2) is 4.79 Å². The van der Waals surface area contributed by atoms with Crippen molar-refractivity contribution < 1.29 is 29.7 Å². The second-order valence-corrected chi connectivity index (χ2v) is 4.04. The van der Waals surface area contributed by atoms with Crippen LogP contribution in [0.2, 0.25) is 0 Å². The van der Waals surface area contributed by atoms with Crippen molar-refractivity contribution in [2.45, 2.75) is 12.2 Å². The normalized spacial score (nSPS) is 22.9. The first-order chi connectivity index (χ1) is 8.31. The van der Waals surface area contributed by atoms with Crippen molar-refractivity contribution in [3.8, 4) is 0 Å². The van der Waals surface area contributed by atoms with Gasteiger partial charge in [0.25, 0.3) is 0 Å². The minimum absolute atomic E-state index is 0.116. The molecule has 102 valence electrons. The first-order valence-corrected chi connectivity index (χ1v) is 5.21. The van der Waals surface area contributed by atoms with E-state index >= 15 is 0 Å². The van der Waals surface area contributed by atoms with Crippen LogP contribution < -0.4 is 5.73 Å². The second-order valence-electron chi connectivity index (χ2n) is 4.04. The van der Waals surface area contributed by atoms with Crippen molar-refractivity contribution in [3.05, 3.63) is 0 Å². The fourth-order valence-electron chi connectivity index (χ4n) is 1.67. The predicted molar refractivity (Wildman–Crippen MR) is 57.4 cm³/mol. The number of aliphatic hydroxyl groups is 2. The number of primary amides is 1. The van der Waals surface area contributed by atoms with Gasteiger partial charge < -0.3 is 30.9 Å². The van der Waals surface area contributed by atoms with Gasteiger partial charge in [-0.05, 0) is 0 Å². The molecule has 0 aromatic rings. The number of aliphatic hydroxyl groups excluding tert-OH is 2. The molecule has 1 aliphatic rings. The van der Waals surface area contributed by atoms with E-state index in [1.54, 1.807) is 0 Å². The van der Waals surface area contributed by atoms with Gasteiger partial charge >= 0.3 is 12.0 Å². The lowest BCUT2D eigenvalue weighted by Gasteiger charge is -2.25. The van der Waals surface area contributed by atoms with Crippen molar-refractivity contribution >= 4 is 17.9 Å². The topological polar surface area (TPSA) is 144 Å². The number of rotatable bonds is 4. The van der Waals surface area contributed by atoms with Crippen LogP contribution in [0, 0.1) is 0 Å². The van der Waals surface area contributed by atoms with Gasteiger partial charge in [0.05, 0.1) is 25.3 Å². The Labute approximate surface area is 102 Å². The summed E-state index contributed by atoms with van der Waals surface area (Å²) in [4.78, 5) is 35.0. The SMILES string of the molecule is NC(=O)CN(CC(=O)O)C(=O)N1CC(O)C(O)C1. The number of nitrogens with two attached hydrogens (primary N) is 1. The van der Waals surface area contributed by atoms with E-state index in [0.717, 1.165) is 9.80 Å². The van der Waals surface area contributed by atoms with E-state index in [4.69, 9.17) is 10.8 Å². The van der Waals surface area contributed by atoms with E-state index in [1.165, 1.54) is 0 Å². The predicted octanol–water partition coefficient (Wildman–Crippen LogP) is -2.98. The summed E-state index contributed by atoms with van der Waals surface area (Å²) in [6.45, 7) is -1.44. The molecule has 9 nitrogen and oxygen atoms in total. The molecule has 3 amide bonds. The smallest absolute Gasteiger partial charge is 0.323 e. The largest absolute Gasteiger partial charge is 0.480 e. The Morgan fingerprint density at radius 3 is 2.06 bits per heavy atom. The van der Waals surface area contributed by atoms with Gasteiger partial charge in [-0.2, -0.15) is 0 Å². The molecule has 1 fully saturated rings. The van der Waals surface area contributed by atoms with E-state index in [-0.39, 0.29) is 13.1 Å². The van der Waals surface area contributed by atoms with E-state index in [9.17, 15) is 24.6 Å². The fourth-order valence-corrected chi connectivity index (χ4v) is 1.67. The monoisotopic (exact) mass is 261 g/mol. The van der Waals surface area contributed by atoms with Gasteiger partial charge in [-0.3, -0.25) is 9.59 Å². The third-order valence-electron chi connectivity index (χ3n) is 2.47. The summed E-state index contributed by atoms with van der Waals surface area (Å²) < 4.78 is 0. The number of β-amino-alcohol motifs (C(OH)–C–C–N with tert-alkyl or cyclic N) is 2. The molecule has 0 bridgehead atoms. The van der Waals surface area contributed by atoms with Gasteiger partial charge in [-0.1, -0.05) is 0 Å². The highest BCUT2D eigenvalue weighted by Gasteiger charge is 2.35. The summed E-state index contributed by atoms with van der Waals surface area (Å²) in [6.07, 6.45) is -2.15. The Bertz CT molecular complexity index is 334. The first kappa shape index (κ1) is 14.2. The summed E-state index contributed by atoms with van der Waals surface area (Å²) in [5.74, 6) is -2.13. The average molecular weight is 261 g/mol. The Morgan fingerprint density at radius 1 is 1.17 bits per heavy atom. The third-order valence-corrected chi connectivity index (χ3v) is 2.47. The number of carboxylic acid groups (broad SMARTS) is 1. The van der Waals surface area contributed by atoms with Crippen LogP contribution in [0.5, 0.6) is 0 Å². The van der Waals surface area contributed by atoms with Crippen molar-refractivity contribution in [1.29, 1.82) is 0 Å². The van der Waals surface area contributed by atoms with E-state index < -0.39 is 43.2 Å². The lowest BCUT2D eigenvalue weighted by molar-refractivity contribution is -0.138. The maximum absolute atomic E-state index is 11.9. The quantitative estimate of drug-likeness (QED) is 0.425. The van der Waals surface area contributed by atoms with Crippen molar-refractivity contribution in [2.24, 2.45) is 5.73 Å². The Morgan fingerprint density at radius 2 is 1.67 bits per heavy atom. The maximum Gasteiger partial charge on any atom is 0.323 e. The number of likely N-dealkylation sites (tertiary alicyclic amines) is 1. The van der Waals surface area contributed by atoms with Crippen LogP contribution in [-0.4, -0.2) is 81.4 Å². The molecular weight excluding hydrogens is 246 g/mol. The highest BCUT2D eigenvalue weighted by molar-refractivity contribution is 5.86. The molecule has 2 unspecified atom stereocenters. The number of urea groups is 1. The molecule has 2 atom stereocenters. The summed E-state index contributed by atoms with van der Waals surface area (Å²) in [6, 6.07) is -0.758. The fraction of sp³-hybridized carbons (Fsp3) is 0.667. The molecule has 0 aromatic carbocycles. The average Bonchev–Trinajstić information content (AvgIpc) is 2.56. The molecule has 1 saturated heterocycles. The number of carboxylic acids is 1. The number of carbonyl (C=O) groups is 3. The number of amides is 3. The summed E-state index contributed by atoms with van der Waals surface area (Å²) >= 11 is 0. The van der Waals surface area contributed by atoms with Crippen LogP contribution in [0.4, 0.5) is 4.79 Å². The Kier molecular flexibility index (Phi) is 4.45. The van der Waals surface area contributed by atoms with Gasteiger partial charge in [0.15, 0.2) is 0 Å². The van der Waals surface area contributed by atoms with Gasteiger partial charge in [0.2, 0.25) is 5.91 Å². The molecular formula is C9H15N3O6. The van der Waals surface area contributed by atoms with Crippen molar-refractivity contribution in [2.75, 3.05) is 26.2 Å². The van der Waals surface area contributed by atoms with Crippen LogP contribution in [0.25, 0.3) is 0 Å². The highest BCUT2D eigenvalue weighted by Crippen LogP contribution is 2.12. The summed E-state index contributed by atoms with van der Waals surface area (Å²) in [5, 5.41) is 27.2. The molecule has 0 saturated carbocycles. The Hall–Kier alpha value is -1.87. The highest BCUT2D eigenvalue weighted by atomic mass is 16.4. The molecule has 18 heavy (non-hydrogen) atoms. The lowest BCUT2D eigenvalue weighted by Crippen LogP contribution is -2.48. The third kappa shape index (κ3) is 3.57. The molecule has 0 aliphatic carbocycles. The maximum atomic E-state index is 11.9. The first-order valence-electron chi connectivity index (χ1n) is 5.21. The zero-order valence-electron chi connectivity index (χ0n) is 9.52. The molecule has 1 aliphatic heterocycles. The van der Waals surface area contributed by atoms with Crippen molar-refractivity contribution in [1.82, 2.24) is 9.80 Å². The van der Waals surface area contributed by atoms with Crippen LogP contribution >= 0.6 is 0 Å². The van der Waals surface area contributed by atoms with Crippen LogP contribution in [0.15, 0.2) is 0 Å². The van der Waals surface area contributed by atoms with Crippen LogP contribution in [0.1, 0.15) is 0 Å². The van der Waals surface area contributed by atoms with Crippen LogP contribution in [-0.2, 0) is 9.59 Å². The summed E-state index contributed by atoms with van der Waals surface area (Å²) in [5.41, 5.74) is 4.92.